The third-order valence-corrected chi connectivity index (χ3v) is 9.87. The zero-order chi connectivity index (χ0) is 27.1. The molecular formula is C27H33ClN4O4S3. The molecule has 3 aromatic rings. The van der Waals surface area contributed by atoms with Crippen LogP contribution < -0.4 is 4.90 Å². The number of rotatable bonds is 12. The molecule has 0 unspecified atom stereocenters. The van der Waals surface area contributed by atoms with Crippen LogP contribution in [0.15, 0.2) is 77.6 Å². The lowest BCUT2D eigenvalue weighted by Gasteiger charge is -2.29. The molecule has 4 rings (SSSR count). The van der Waals surface area contributed by atoms with Crippen molar-refractivity contribution in [1.29, 1.82) is 0 Å². The van der Waals surface area contributed by atoms with Gasteiger partial charge in [0.2, 0.25) is 10.0 Å². The Morgan fingerprint density at radius 1 is 1.13 bits per heavy atom. The summed E-state index contributed by atoms with van der Waals surface area (Å²) in [7, 11) is -3.76. The third kappa shape index (κ3) is 7.29. The van der Waals surface area contributed by atoms with Gasteiger partial charge in [0.1, 0.15) is 0 Å². The average Bonchev–Trinajstić information content (AvgIpc) is 3.38. The molecule has 0 radical (unpaired) electrons. The van der Waals surface area contributed by atoms with Crippen molar-refractivity contribution in [3.05, 3.63) is 73.3 Å². The van der Waals surface area contributed by atoms with Crippen LogP contribution in [-0.2, 0) is 14.8 Å². The van der Waals surface area contributed by atoms with E-state index in [1.54, 1.807) is 28.8 Å². The number of morpholine rings is 1. The van der Waals surface area contributed by atoms with Crippen LogP contribution in [0.4, 0.5) is 5.13 Å². The Morgan fingerprint density at radius 2 is 1.79 bits per heavy atom. The number of ether oxygens (including phenoxy) is 1. The Kier molecular flexibility index (Phi) is 11.6. The van der Waals surface area contributed by atoms with Crippen molar-refractivity contribution < 1.29 is 17.9 Å². The number of amides is 1. The van der Waals surface area contributed by atoms with Gasteiger partial charge in [-0.05, 0) is 42.7 Å². The number of carbonyl (C=O) groups is 1. The van der Waals surface area contributed by atoms with Gasteiger partial charge >= 0.3 is 0 Å². The van der Waals surface area contributed by atoms with Crippen LogP contribution >= 0.6 is 35.5 Å². The molecule has 0 bridgehead atoms. The third-order valence-electron chi connectivity index (χ3n) is 6.21. The van der Waals surface area contributed by atoms with Crippen molar-refractivity contribution in [3.8, 4) is 0 Å². The molecule has 2 aromatic carbocycles. The molecule has 1 fully saturated rings. The fraction of sp³-hybridized carbons (Fsp3) is 0.333. The molecule has 1 amide bonds. The van der Waals surface area contributed by atoms with Gasteiger partial charge in [0.25, 0.3) is 5.91 Å². The van der Waals surface area contributed by atoms with E-state index in [0.29, 0.717) is 37.0 Å². The molecular weight excluding hydrogens is 576 g/mol. The lowest BCUT2D eigenvalue weighted by Crippen LogP contribution is -2.43. The maximum absolute atomic E-state index is 13.8. The van der Waals surface area contributed by atoms with Gasteiger partial charge in [-0.25, -0.2) is 13.4 Å². The van der Waals surface area contributed by atoms with Gasteiger partial charge in [-0.3, -0.25) is 14.6 Å². The number of benzene rings is 2. The lowest BCUT2D eigenvalue weighted by atomic mass is 10.2. The summed E-state index contributed by atoms with van der Waals surface area (Å²) in [4.78, 5) is 23.8. The highest BCUT2D eigenvalue weighted by Gasteiger charge is 2.26. The predicted octanol–water partition coefficient (Wildman–Crippen LogP) is 4.78. The minimum atomic E-state index is -3.76. The first-order valence-electron chi connectivity index (χ1n) is 12.3. The van der Waals surface area contributed by atoms with Crippen molar-refractivity contribution in [3.63, 3.8) is 0 Å². The normalized spacial score (nSPS) is 14.2. The highest BCUT2D eigenvalue weighted by molar-refractivity contribution is 7.98. The van der Waals surface area contributed by atoms with Crippen molar-refractivity contribution in [2.24, 2.45) is 0 Å². The molecule has 1 aromatic heterocycles. The molecule has 210 valence electrons. The smallest absolute Gasteiger partial charge is 0.260 e. The first-order valence-corrected chi connectivity index (χ1v) is 15.7. The van der Waals surface area contributed by atoms with Gasteiger partial charge < -0.3 is 4.74 Å². The number of para-hydroxylation sites is 1. The van der Waals surface area contributed by atoms with Crippen molar-refractivity contribution in [2.45, 2.75) is 9.79 Å². The largest absolute Gasteiger partial charge is 0.379 e. The van der Waals surface area contributed by atoms with E-state index in [1.165, 1.54) is 39.9 Å². The topological polar surface area (TPSA) is 83.1 Å². The molecule has 0 spiro atoms. The number of fused-ring (bicyclic) bond motifs is 1. The number of thioether (sulfide) groups is 1. The number of anilines is 1. The minimum Gasteiger partial charge on any atom is -0.379 e. The van der Waals surface area contributed by atoms with E-state index in [2.05, 4.69) is 18.1 Å². The Hall–Kier alpha value is -2.25. The van der Waals surface area contributed by atoms with Crippen LogP contribution in [-0.4, -0.2) is 87.3 Å². The first kappa shape index (κ1) is 31.3. The van der Waals surface area contributed by atoms with Crippen molar-refractivity contribution >= 4 is 66.8 Å². The van der Waals surface area contributed by atoms with Crippen LogP contribution in [0.2, 0.25) is 0 Å². The van der Waals surface area contributed by atoms with Crippen LogP contribution in [0.5, 0.6) is 0 Å². The quantitative estimate of drug-likeness (QED) is 0.216. The number of halogens is 1. The number of hydrogen-bond acceptors (Lipinski definition) is 8. The molecule has 8 nitrogen and oxygen atoms in total. The van der Waals surface area contributed by atoms with Crippen molar-refractivity contribution in [1.82, 2.24) is 14.2 Å². The minimum absolute atomic E-state index is 0. The monoisotopic (exact) mass is 608 g/mol. The van der Waals surface area contributed by atoms with Crippen LogP contribution in [0.25, 0.3) is 10.2 Å². The lowest BCUT2D eigenvalue weighted by molar-refractivity contribution is 0.0391. The molecule has 39 heavy (non-hydrogen) atoms. The summed E-state index contributed by atoms with van der Waals surface area (Å²) in [6.45, 7) is 11.8. The maximum atomic E-state index is 13.8. The van der Waals surface area contributed by atoms with E-state index in [1.807, 2.05) is 24.5 Å². The van der Waals surface area contributed by atoms with Gasteiger partial charge in [0.05, 0.1) is 28.3 Å². The second-order valence-electron chi connectivity index (χ2n) is 8.64. The Balaban J connectivity index is 0.00000420. The van der Waals surface area contributed by atoms with E-state index < -0.39 is 10.0 Å². The second-order valence-corrected chi connectivity index (χ2v) is 12.4. The number of sulfonamides is 1. The van der Waals surface area contributed by atoms with Gasteiger partial charge in [-0.1, -0.05) is 29.6 Å². The molecule has 0 N–H and O–H groups in total. The molecule has 12 heteroatoms. The molecule has 0 saturated carbocycles. The Bertz CT molecular complexity index is 1380. The number of nitrogens with zero attached hydrogens (tertiary/aromatic N) is 4. The standard InChI is InChI=1S/C27H32N4O4S3.ClH/c1-4-13-30(14-5-2)38(33,34)22-11-9-21(10-12-22)26(32)31(16-15-29-17-19-35-20-18-29)27-28-25-23(36-3)7-6-8-24(25)37-27;/h4-12H,1-2,13-20H2,3H3;1H. The number of thiazole rings is 1. The summed E-state index contributed by atoms with van der Waals surface area (Å²) in [5.74, 6) is -0.221. The van der Waals surface area contributed by atoms with Gasteiger partial charge in [0, 0.05) is 49.7 Å². The zero-order valence-electron chi connectivity index (χ0n) is 21.8. The summed E-state index contributed by atoms with van der Waals surface area (Å²) in [5, 5.41) is 0.625. The number of carbonyl (C=O) groups excluding carboxylic acids is 1. The fourth-order valence-corrected chi connectivity index (χ4v) is 7.20. The van der Waals surface area contributed by atoms with Crippen LogP contribution in [0.3, 0.4) is 0 Å². The van der Waals surface area contributed by atoms with Crippen LogP contribution in [0, 0.1) is 0 Å². The molecule has 2 heterocycles. The summed E-state index contributed by atoms with van der Waals surface area (Å²) in [6.07, 6.45) is 5.08. The Labute approximate surface area is 244 Å². The summed E-state index contributed by atoms with van der Waals surface area (Å²) < 4.78 is 33.9. The van der Waals surface area contributed by atoms with E-state index in [9.17, 15) is 13.2 Å². The molecule has 1 aliphatic rings. The summed E-state index contributed by atoms with van der Waals surface area (Å²) in [5.41, 5.74) is 1.28. The van der Waals surface area contributed by atoms with Crippen LogP contribution in [0.1, 0.15) is 10.4 Å². The predicted molar refractivity (Wildman–Crippen MR) is 163 cm³/mol. The van der Waals surface area contributed by atoms with E-state index in [4.69, 9.17) is 9.72 Å². The average molecular weight is 609 g/mol. The second kappa shape index (κ2) is 14.4. The first-order chi connectivity index (χ1) is 18.4. The zero-order valence-corrected chi connectivity index (χ0v) is 25.1. The summed E-state index contributed by atoms with van der Waals surface area (Å²) >= 11 is 3.11. The van der Waals surface area contributed by atoms with Gasteiger partial charge in [-0.15, -0.1) is 37.3 Å². The number of hydrogen-bond donors (Lipinski definition) is 0. The summed E-state index contributed by atoms with van der Waals surface area (Å²) in [6, 6.07) is 12.1. The Morgan fingerprint density at radius 3 is 2.41 bits per heavy atom. The van der Waals surface area contributed by atoms with Gasteiger partial charge in [-0.2, -0.15) is 4.31 Å². The molecule has 0 aliphatic carbocycles. The molecule has 0 atom stereocenters. The highest BCUT2D eigenvalue weighted by atomic mass is 35.5. The highest BCUT2D eigenvalue weighted by Crippen LogP contribution is 2.34. The molecule has 1 aliphatic heterocycles. The van der Waals surface area contributed by atoms with Gasteiger partial charge in [0.15, 0.2) is 5.13 Å². The fourth-order valence-electron chi connectivity index (χ4n) is 4.18. The maximum Gasteiger partial charge on any atom is 0.260 e. The molecule has 1 saturated heterocycles. The van der Waals surface area contributed by atoms with E-state index in [-0.39, 0.29) is 36.3 Å². The SMILES string of the molecule is C=CCN(CC=C)S(=O)(=O)c1ccc(C(=O)N(CCN2CCOCC2)c2nc3c(SC)cccc3s2)cc1.Cl. The van der Waals surface area contributed by atoms with E-state index in [0.717, 1.165) is 28.2 Å². The number of aromatic nitrogens is 1. The van der Waals surface area contributed by atoms with E-state index >= 15 is 0 Å². The van der Waals surface area contributed by atoms with Crippen molar-refractivity contribution in [2.75, 3.05) is 63.6 Å².